The monoisotopic (exact) mass is 384 g/mol. The number of hydrogen-bond acceptors (Lipinski definition) is 3. The Labute approximate surface area is 163 Å². The van der Waals surface area contributed by atoms with Gasteiger partial charge in [-0.05, 0) is 41.8 Å². The van der Waals surface area contributed by atoms with E-state index in [-0.39, 0.29) is 30.7 Å². The first-order valence-corrected chi connectivity index (χ1v) is 9.26. The number of carbonyl (C=O) groups excluding carboxylic acids is 3. The number of imide groups is 1. The van der Waals surface area contributed by atoms with Gasteiger partial charge in [-0.1, -0.05) is 42.8 Å². The highest BCUT2D eigenvalue weighted by molar-refractivity contribution is 6.30. The zero-order valence-electron chi connectivity index (χ0n) is 15.3. The van der Waals surface area contributed by atoms with Gasteiger partial charge in [-0.15, -0.1) is 0 Å². The van der Waals surface area contributed by atoms with Crippen molar-refractivity contribution in [1.29, 1.82) is 0 Å². The largest absolute Gasteiger partial charge is 0.326 e. The van der Waals surface area contributed by atoms with Crippen LogP contribution in [0.4, 0.5) is 5.69 Å². The van der Waals surface area contributed by atoms with Crippen LogP contribution in [0.15, 0.2) is 48.5 Å². The number of rotatable bonds is 5. The predicted octanol–water partition coefficient (Wildman–Crippen LogP) is 3.58. The van der Waals surface area contributed by atoms with Crippen LogP contribution in [0.3, 0.4) is 0 Å². The molecule has 3 amide bonds. The molecule has 0 bridgehead atoms. The molecule has 0 aliphatic carbocycles. The lowest BCUT2D eigenvalue weighted by Gasteiger charge is -2.26. The summed E-state index contributed by atoms with van der Waals surface area (Å²) in [6, 6.07) is 13.7. The van der Waals surface area contributed by atoms with E-state index in [1.807, 2.05) is 25.1 Å². The van der Waals surface area contributed by atoms with Crippen molar-refractivity contribution in [3.05, 3.63) is 64.7 Å². The van der Waals surface area contributed by atoms with Gasteiger partial charge >= 0.3 is 0 Å². The summed E-state index contributed by atoms with van der Waals surface area (Å²) in [6.07, 6.45) is 0.858. The summed E-state index contributed by atoms with van der Waals surface area (Å²) in [5.74, 6) is -0.933. The van der Waals surface area contributed by atoms with Crippen LogP contribution in [0.25, 0.3) is 0 Å². The van der Waals surface area contributed by atoms with E-state index in [0.29, 0.717) is 10.7 Å². The summed E-state index contributed by atoms with van der Waals surface area (Å²) in [6.45, 7) is 3.67. The smallest absolute Gasteiger partial charge is 0.257 e. The Balaban J connectivity index is 1.85. The molecule has 1 fully saturated rings. The average molecular weight is 385 g/mol. The lowest BCUT2D eigenvalue weighted by atomic mass is 10.1. The van der Waals surface area contributed by atoms with Crippen molar-refractivity contribution in [2.45, 2.75) is 39.3 Å². The minimum Gasteiger partial charge on any atom is -0.326 e. The van der Waals surface area contributed by atoms with Crippen molar-refractivity contribution in [2.24, 2.45) is 0 Å². The number of anilines is 1. The normalized spacial score (nSPS) is 16.7. The van der Waals surface area contributed by atoms with Crippen molar-refractivity contribution in [3.63, 3.8) is 0 Å². The quantitative estimate of drug-likeness (QED) is 0.740. The second-order valence-electron chi connectivity index (χ2n) is 6.58. The van der Waals surface area contributed by atoms with Gasteiger partial charge in [-0.3, -0.25) is 14.4 Å². The van der Waals surface area contributed by atoms with E-state index in [1.54, 1.807) is 30.3 Å². The fourth-order valence-electron chi connectivity index (χ4n) is 3.28. The van der Waals surface area contributed by atoms with E-state index in [0.717, 1.165) is 17.5 Å². The fraction of sp³-hybridized carbons (Fsp3) is 0.286. The molecule has 1 saturated heterocycles. The zero-order chi connectivity index (χ0) is 19.6. The first-order chi connectivity index (χ1) is 12.9. The fourth-order valence-corrected chi connectivity index (χ4v) is 3.50. The van der Waals surface area contributed by atoms with Gasteiger partial charge in [-0.2, -0.15) is 0 Å². The van der Waals surface area contributed by atoms with Crippen LogP contribution >= 0.6 is 11.6 Å². The summed E-state index contributed by atoms with van der Waals surface area (Å²) in [7, 11) is 0. The Morgan fingerprint density at radius 3 is 2.44 bits per heavy atom. The molecular weight excluding hydrogens is 364 g/mol. The molecule has 2 aromatic carbocycles. The van der Waals surface area contributed by atoms with Crippen molar-refractivity contribution in [1.82, 2.24) is 4.90 Å². The molecule has 5 nitrogen and oxygen atoms in total. The number of aryl methyl sites for hydroxylation is 1. The molecule has 2 aromatic rings. The van der Waals surface area contributed by atoms with Crippen LogP contribution in [-0.2, 0) is 27.3 Å². The molecule has 0 radical (unpaired) electrons. The van der Waals surface area contributed by atoms with Crippen LogP contribution in [0.5, 0.6) is 0 Å². The molecule has 0 saturated carbocycles. The van der Waals surface area contributed by atoms with Crippen molar-refractivity contribution in [3.8, 4) is 0 Å². The third-order valence-electron chi connectivity index (χ3n) is 4.75. The third-order valence-corrected chi connectivity index (χ3v) is 4.98. The van der Waals surface area contributed by atoms with Crippen molar-refractivity contribution >= 4 is 35.0 Å². The molecule has 1 atom stereocenters. The molecule has 27 heavy (non-hydrogen) atoms. The van der Waals surface area contributed by atoms with Gasteiger partial charge in [0.15, 0.2) is 0 Å². The molecule has 3 rings (SSSR count). The predicted molar refractivity (Wildman–Crippen MR) is 104 cm³/mol. The standard InChI is InChI=1S/C21H21ClN2O3/c1-3-15-7-9-18(10-8-15)24-20(26)12-19(21(24)27)23(14(2)25)13-16-5-4-6-17(22)11-16/h4-11,19H,3,12-13H2,1-2H3/t19-/m0/s1. The number of carbonyl (C=O) groups is 3. The van der Waals surface area contributed by atoms with E-state index in [1.165, 1.54) is 16.7 Å². The van der Waals surface area contributed by atoms with Gasteiger partial charge in [0, 0.05) is 18.5 Å². The van der Waals surface area contributed by atoms with Gasteiger partial charge in [-0.25, -0.2) is 4.90 Å². The van der Waals surface area contributed by atoms with Crippen LogP contribution in [-0.4, -0.2) is 28.7 Å². The van der Waals surface area contributed by atoms with E-state index in [9.17, 15) is 14.4 Å². The van der Waals surface area contributed by atoms with Crippen LogP contribution < -0.4 is 4.90 Å². The van der Waals surface area contributed by atoms with E-state index in [4.69, 9.17) is 11.6 Å². The molecule has 6 heteroatoms. The van der Waals surface area contributed by atoms with Gasteiger partial charge in [0.05, 0.1) is 12.1 Å². The SMILES string of the molecule is CCc1ccc(N2C(=O)C[C@H](N(Cc3cccc(Cl)c3)C(C)=O)C2=O)cc1. The molecule has 0 aromatic heterocycles. The maximum absolute atomic E-state index is 13.0. The molecule has 0 spiro atoms. The topological polar surface area (TPSA) is 57.7 Å². The highest BCUT2D eigenvalue weighted by Crippen LogP contribution is 2.27. The Bertz CT molecular complexity index is 879. The molecule has 1 aliphatic heterocycles. The maximum atomic E-state index is 13.0. The van der Waals surface area contributed by atoms with Crippen molar-refractivity contribution in [2.75, 3.05) is 4.90 Å². The van der Waals surface area contributed by atoms with Gasteiger partial charge < -0.3 is 4.90 Å². The first kappa shape index (κ1) is 19.1. The van der Waals surface area contributed by atoms with E-state index in [2.05, 4.69) is 0 Å². The summed E-state index contributed by atoms with van der Waals surface area (Å²) in [5, 5.41) is 0.558. The maximum Gasteiger partial charge on any atom is 0.257 e. The van der Waals surface area contributed by atoms with Gasteiger partial charge in [0.25, 0.3) is 5.91 Å². The zero-order valence-corrected chi connectivity index (χ0v) is 16.1. The Morgan fingerprint density at radius 1 is 1.15 bits per heavy atom. The summed E-state index contributed by atoms with van der Waals surface area (Å²) < 4.78 is 0. The van der Waals surface area contributed by atoms with E-state index < -0.39 is 6.04 Å². The summed E-state index contributed by atoms with van der Waals surface area (Å²) in [5.41, 5.74) is 2.47. The number of hydrogen-bond donors (Lipinski definition) is 0. The molecule has 0 N–H and O–H groups in total. The first-order valence-electron chi connectivity index (χ1n) is 8.88. The highest BCUT2D eigenvalue weighted by Gasteiger charge is 2.43. The lowest BCUT2D eigenvalue weighted by Crippen LogP contribution is -2.44. The second kappa shape index (κ2) is 7.92. The highest BCUT2D eigenvalue weighted by atomic mass is 35.5. The molecule has 0 unspecified atom stereocenters. The molecule has 140 valence electrons. The van der Waals surface area contributed by atoms with E-state index >= 15 is 0 Å². The molecule has 1 heterocycles. The van der Waals surface area contributed by atoms with Crippen LogP contribution in [0, 0.1) is 0 Å². The number of amides is 3. The second-order valence-corrected chi connectivity index (χ2v) is 7.02. The van der Waals surface area contributed by atoms with Gasteiger partial charge in [0.1, 0.15) is 6.04 Å². The Kier molecular flexibility index (Phi) is 5.61. The van der Waals surface area contributed by atoms with Crippen LogP contribution in [0.2, 0.25) is 5.02 Å². The average Bonchev–Trinajstić information content (AvgIpc) is 2.93. The van der Waals surface area contributed by atoms with Gasteiger partial charge in [0.2, 0.25) is 11.8 Å². The number of benzene rings is 2. The lowest BCUT2D eigenvalue weighted by molar-refractivity contribution is -0.137. The minimum atomic E-state index is -0.806. The summed E-state index contributed by atoms with van der Waals surface area (Å²) in [4.78, 5) is 40.3. The Hall–Kier alpha value is -2.66. The molecular formula is C21H21ClN2O3. The summed E-state index contributed by atoms with van der Waals surface area (Å²) >= 11 is 6.01. The van der Waals surface area contributed by atoms with Crippen molar-refractivity contribution < 1.29 is 14.4 Å². The molecule has 1 aliphatic rings. The number of nitrogens with zero attached hydrogens (tertiary/aromatic N) is 2. The minimum absolute atomic E-state index is 0.0193. The van der Waals surface area contributed by atoms with Crippen LogP contribution in [0.1, 0.15) is 31.4 Å². The third kappa shape index (κ3) is 4.03. The Morgan fingerprint density at radius 2 is 1.85 bits per heavy atom. The number of halogens is 1.